The maximum absolute atomic E-state index is 12.5. The molecule has 5 heteroatoms. The third-order valence-corrected chi connectivity index (χ3v) is 5.99. The van der Waals surface area contributed by atoms with E-state index in [0.717, 1.165) is 18.0 Å². The summed E-state index contributed by atoms with van der Waals surface area (Å²) in [5.74, 6) is 0. The van der Waals surface area contributed by atoms with E-state index in [2.05, 4.69) is 11.9 Å². The Labute approximate surface area is 114 Å². The van der Waals surface area contributed by atoms with Crippen molar-refractivity contribution in [2.45, 2.75) is 30.0 Å². The fraction of sp³-hybridized carbons (Fsp3) is 0.462. The van der Waals surface area contributed by atoms with Crippen LogP contribution in [0.5, 0.6) is 0 Å². The molecule has 0 spiro atoms. The highest BCUT2D eigenvalue weighted by Gasteiger charge is 2.39. The summed E-state index contributed by atoms with van der Waals surface area (Å²) in [6.07, 6.45) is 0. The Kier molecular flexibility index (Phi) is 3.30. The molecule has 3 rings (SSSR count). The highest BCUT2D eigenvalue weighted by Crippen LogP contribution is 2.34. The van der Waals surface area contributed by atoms with Crippen LogP contribution in [-0.4, -0.2) is 37.9 Å². The average molecular weight is 280 g/mol. The summed E-state index contributed by atoms with van der Waals surface area (Å²) in [4.78, 5) is 5.49. The van der Waals surface area contributed by atoms with E-state index in [4.69, 9.17) is 0 Å². The van der Waals surface area contributed by atoms with Gasteiger partial charge in [0, 0.05) is 18.3 Å². The molecule has 0 bridgehead atoms. The summed E-state index contributed by atoms with van der Waals surface area (Å²) in [5, 5.41) is 1.67. The Morgan fingerprint density at radius 2 is 2.00 bits per heavy atom. The SMILES string of the molecule is CC1=NC2CN(S(=O)c3ccc(C)cc3)CC2S1. The Morgan fingerprint density at radius 1 is 1.28 bits per heavy atom. The van der Waals surface area contributed by atoms with Crippen LogP contribution in [0.2, 0.25) is 0 Å². The van der Waals surface area contributed by atoms with E-state index in [-0.39, 0.29) is 0 Å². The van der Waals surface area contributed by atoms with E-state index >= 15 is 0 Å². The molecule has 2 heterocycles. The summed E-state index contributed by atoms with van der Waals surface area (Å²) in [6.45, 7) is 5.79. The topological polar surface area (TPSA) is 32.7 Å². The van der Waals surface area contributed by atoms with Crippen LogP contribution in [0.4, 0.5) is 0 Å². The molecular weight excluding hydrogens is 264 g/mol. The van der Waals surface area contributed by atoms with Crippen molar-refractivity contribution >= 4 is 27.8 Å². The lowest BCUT2D eigenvalue weighted by atomic mass is 10.2. The molecule has 1 aromatic rings. The molecule has 2 aliphatic heterocycles. The molecule has 0 amide bonds. The Hall–Kier alpha value is -0.650. The first-order valence-electron chi connectivity index (χ1n) is 6.08. The third-order valence-electron chi connectivity index (χ3n) is 3.33. The largest absolute Gasteiger partial charge is 0.277 e. The van der Waals surface area contributed by atoms with Crippen LogP contribution < -0.4 is 0 Å². The van der Waals surface area contributed by atoms with Gasteiger partial charge in [-0.2, -0.15) is 0 Å². The van der Waals surface area contributed by atoms with E-state index in [1.165, 1.54) is 10.6 Å². The van der Waals surface area contributed by atoms with Crippen molar-refractivity contribution in [2.75, 3.05) is 13.1 Å². The highest BCUT2D eigenvalue weighted by molar-refractivity contribution is 8.14. The van der Waals surface area contributed by atoms with Gasteiger partial charge in [0.2, 0.25) is 0 Å². The number of fused-ring (bicyclic) bond motifs is 1. The van der Waals surface area contributed by atoms with Gasteiger partial charge in [0.25, 0.3) is 0 Å². The molecule has 0 radical (unpaired) electrons. The Morgan fingerprint density at radius 3 is 2.67 bits per heavy atom. The second-order valence-corrected chi connectivity index (χ2v) is 7.70. The normalized spacial score (nSPS) is 29.1. The summed E-state index contributed by atoms with van der Waals surface area (Å²) in [7, 11) is -1.04. The van der Waals surface area contributed by atoms with Gasteiger partial charge in [0.15, 0.2) is 0 Å². The van der Waals surface area contributed by atoms with Crippen LogP contribution in [0, 0.1) is 6.92 Å². The maximum Gasteiger partial charge on any atom is 0.127 e. The molecule has 3 nitrogen and oxygen atoms in total. The van der Waals surface area contributed by atoms with E-state index in [9.17, 15) is 4.21 Å². The number of thioether (sulfide) groups is 1. The molecule has 2 aliphatic rings. The predicted molar refractivity (Wildman–Crippen MR) is 77.4 cm³/mol. The van der Waals surface area contributed by atoms with Gasteiger partial charge in [-0.3, -0.25) is 4.99 Å². The average Bonchev–Trinajstić information content (AvgIpc) is 2.86. The van der Waals surface area contributed by atoms with Gasteiger partial charge in [-0.15, -0.1) is 11.8 Å². The molecule has 18 heavy (non-hydrogen) atoms. The van der Waals surface area contributed by atoms with Crippen molar-refractivity contribution in [1.29, 1.82) is 0 Å². The quantitative estimate of drug-likeness (QED) is 0.832. The van der Waals surface area contributed by atoms with Gasteiger partial charge in [-0.25, -0.2) is 8.51 Å². The first-order chi connectivity index (χ1) is 8.63. The van der Waals surface area contributed by atoms with E-state index in [1.807, 2.05) is 47.3 Å². The van der Waals surface area contributed by atoms with Gasteiger partial charge in [0.1, 0.15) is 11.0 Å². The predicted octanol–water partition coefficient (Wildman–Crippen LogP) is 2.24. The number of hydrogen-bond acceptors (Lipinski definition) is 3. The zero-order valence-corrected chi connectivity index (χ0v) is 12.1. The minimum atomic E-state index is -1.04. The zero-order valence-electron chi connectivity index (χ0n) is 10.5. The summed E-state index contributed by atoms with van der Waals surface area (Å²) in [5.41, 5.74) is 1.20. The van der Waals surface area contributed by atoms with Gasteiger partial charge in [0.05, 0.1) is 16.0 Å². The minimum Gasteiger partial charge on any atom is -0.277 e. The van der Waals surface area contributed by atoms with Gasteiger partial charge in [-0.1, -0.05) is 17.7 Å². The first-order valence-corrected chi connectivity index (χ1v) is 8.07. The molecule has 1 saturated heterocycles. The Balaban J connectivity index is 1.74. The summed E-state index contributed by atoms with van der Waals surface area (Å²) < 4.78 is 14.5. The fourth-order valence-corrected chi connectivity index (χ4v) is 4.92. The molecule has 0 saturated carbocycles. The first kappa shape index (κ1) is 12.4. The number of benzene rings is 1. The van der Waals surface area contributed by atoms with Gasteiger partial charge < -0.3 is 0 Å². The molecule has 3 unspecified atom stereocenters. The second kappa shape index (κ2) is 4.79. The molecule has 0 aliphatic carbocycles. The van der Waals surface area contributed by atoms with Crippen LogP contribution in [0.3, 0.4) is 0 Å². The lowest BCUT2D eigenvalue weighted by molar-refractivity contribution is 0.528. The number of nitrogens with zero attached hydrogens (tertiary/aromatic N) is 2. The molecule has 0 aromatic heterocycles. The van der Waals surface area contributed by atoms with Crippen LogP contribution in [0.1, 0.15) is 12.5 Å². The highest BCUT2D eigenvalue weighted by atomic mass is 32.2. The van der Waals surface area contributed by atoms with Crippen molar-refractivity contribution < 1.29 is 4.21 Å². The minimum absolute atomic E-state index is 0.337. The number of aryl methyl sites for hydroxylation is 1. The molecule has 1 fully saturated rings. The van der Waals surface area contributed by atoms with Crippen LogP contribution in [-0.2, 0) is 11.0 Å². The second-order valence-electron chi connectivity index (χ2n) is 4.78. The number of hydrogen-bond donors (Lipinski definition) is 0. The molecular formula is C13H16N2OS2. The zero-order chi connectivity index (χ0) is 12.7. The molecule has 1 aromatic carbocycles. The summed E-state index contributed by atoms with van der Waals surface area (Å²) in [6, 6.07) is 8.29. The van der Waals surface area contributed by atoms with Crippen molar-refractivity contribution in [3.63, 3.8) is 0 Å². The van der Waals surface area contributed by atoms with Crippen LogP contribution in [0.15, 0.2) is 34.2 Å². The molecule has 0 N–H and O–H groups in total. The summed E-state index contributed by atoms with van der Waals surface area (Å²) >= 11 is 1.83. The van der Waals surface area contributed by atoms with Crippen molar-refractivity contribution in [2.24, 2.45) is 4.99 Å². The number of rotatable bonds is 2. The lowest BCUT2D eigenvalue weighted by Crippen LogP contribution is -2.25. The fourth-order valence-electron chi connectivity index (χ4n) is 2.39. The van der Waals surface area contributed by atoms with Crippen molar-refractivity contribution in [3.8, 4) is 0 Å². The van der Waals surface area contributed by atoms with Crippen molar-refractivity contribution in [1.82, 2.24) is 4.31 Å². The van der Waals surface area contributed by atoms with Gasteiger partial charge >= 0.3 is 0 Å². The van der Waals surface area contributed by atoms with Crippen molar-refractivity contribution in [3.05, 3.63) is 29.8 Å². The van der Waals surface area contributed by atoms with E-state index < -0.39 is 11.0 Å². The van der Waals surface area contributed by atoms with Crippen LogP contribution in [0.25, 0.3) is 0 Å². The van der Waals surface area contributed by atoms with E-state index in [1.54, 1.807) is 0 Å². The third kappa shape index (κ3) is 2.27. The molecule has 96 valence electrons. The molecule has 3 atom stereocenters. The monoisotopic (exact) mass is 280 g/mol. The lowest BCUT2D eigenvalue weighted by Gasteiger charge is -2.15. The van der Waals surface area contributed by atoms with Crippen LogP contribution >= 0.6 is 11.8 Å². The standard InChI is InChI=1S/C13H16N2OS2/c1-9-3-5-11(6-4-9)18(16)15-7-12-13(8-15)17-10(2)14-12/h3-6,12-13H,7-8H2,1-2H3. The van der Waals surface area contributed by atoms with E-state index in [0.29, 0.717) is 11.3 Å². The maximum atomic E-state index is 12.5. The Bertz CT molecular complexity index is 512. The smallest absolute Gasteiger partial charge is 0.127 e. The van der Waals surface area contributed by atoms with Gasteiger partial charge in [-0.05, 0) is 26.0 Å². The number of aliphatic imine (C=N–C) groups is 1.